The molecule has 0 saturated carbocycles. The summed E-state index contributed by atoms with van der Waals surface area (Å²) in [5.74, 6) is 0. The van der Waals surface area contributed by atoms with Gasteiger partial charge in [-0.1, -0.05) is 54.1 Å². The summed E-state index contributed by atoms with van der Waals surface area (Å²) in [6.07, 6.45) is -2.83. The van der Waals surface area contributed by atoms with Crippen LogP contribution < -0.4 is 10.6 Å². The molecular formula is C29H18ClF3N4O. The Balaban J connectivity index is 1.17. The molecule has 5 bridgehead atoms. The van der Waals surface area contributed by atoms with E-state index >= 15 is 0 Å². The Bertz CT molecular complexity index is 1720. The number of carbonyl (C=O) groups is 1. The Morgan fingerprint density at radius 1 is 0.816 bits per heavy atom. The maximum absolute atomic E-state index is 13.1. The highest BCUT2D eigenvalue weighted by molar-refractivity contribution is 6.31. The zero-order valence-electron chi connectivity index (χ0n) is 19.6. The van der Waals surface area contributed by atoms with Crippen LogP contribution in [0.1, 0.15) is 11.1 Å². The van der Waals surface area contributed by atoms with Crippen LogP contribution in [-0.4, -0.2) is 16.0 Å². The van der Waals surface area contributed by atoms with Gasteiger partial charge in [0.2, 0.25) is 0 Å². The number of nitrogens with zero attached hydrogens (tertiary/aromatic N) is 2. The number of hydrogen-bond donors (Lipinski definition) is 2. The highest BCUT2D eigenvalue weighted by Crippen LogP contribution is 2.38. The molecule has 0 saturated heterocycles. The van der Waals surface area contributed by atoms with Gasteiger partial charge in [-0.15, -0.1) is 0 Å². The summed E-state index contributed by atoms with van der Waals surface area (Å²) in [7, 11) is 0. The number of nitrogens with one attached hydrogen (secondary N) is 2. The van der Waals surface area contributed by atoms with E-state index in [1.165, 1.54) is 6.07 Å². The molecule has 1 aliphatic heterocycles. The van der Waals surface area contributed by atoms with Crippen LogP contribution in [0.25, 0.3) is 44.5 Å². The average molecular weight is 531 g/mol. The van der Waals surface area contributed by atoms with E-state index in [0.717, 1.165) is 62.2 Å². The molecule has 0 fully saturated rings. The second kappa shape index (κ2) is 9.15. The molecule has 6 rings (SSSR count). The van der Waals surface area contributed by atoms with Gasteiger partial charge in [-0.2, -0.15) is 13.2 Å². The van der Waals surface area contributed by atoms with Gasteiger partial charge in [0.15, 0.2) is 0 Å². The van der Waals surface area contributed by atoms with Crippen LogP contribution in [-0.2, 0) is 12.7 Å². The SMILES string of the molecule is O=C(NCc1ccc(-c2ccc3cc2-c2ccc4ncc-3nc4c2)cc1)Nc1ccc(Cl)c(C(F)(F)F)c1. The Hall–Kier alpha value is -4.43. The molecule has 0 aliphatic carbocycles. The van der Waals surface area contributed by atoms with E-state index in [1.54, 1.807) is 6.20 Å². The van der Waals surface area contributed by atoms with Crippen molar-refractivity contribution in [3.63, 3.8) is 0 Å². The van der Waals surface area contributed by atoms with Crippen LogP contribution in [0.3, 0.4) is 0 Å². The fourth-order valence-corrected chi connectivity index (χ4v) is 4.72. The molecule has 5 nitrogen and oxygen atoms in total. The monoisotopic (exact) mass is 530 g/mol. The first-order valence-electron chi connectivity index (χ1n) is 11.7. The summed E-state index contributed by atoms with van der Waals surface area (Å²) in [6.45, 7) is 0.196. The van der Waals surface area contributed by atoms with Crippen LogP contribution in [0, 0.1) is 0 Å². The van der Waals surface area contributed by atoms with Gasteiger partial charge in [0.1, 0.15) is 0 Å². The lowest BCUT2D eigenvalue weighted by atomic mass is 9.90. The van der Waals surface area contributed by atoms with Crippen molar-refractivity contribution in [3.8, 4) is 33.5 Å². The van der Waals surface area contributed by atoms with Gasteiger partial charge in [0, 0.05) is 17.8 Å². The average Bonchev–Trinajstić information content (AvgIpc) is 2.91. The van der Waals surface area contributed by atoms with Gasteiger partial charge in [0.25, 0.3) is 0 Å². The summed E-state index contributed by atoms with van der Waals surface area (Å²) in [5.41, 5.74) is 7.57. The molecule has 4 aromatic carbocycles. The van der Waals surface area contributed by atoms with Gasteiger partial charge in [-0.05, 0) is 64.2 Å². The molecule has 1 aromatic heterocycles. The number of halogens is 4. The summed E-state index contributed by atoms with van der Waals surface area (Å²) in [5, 5.41) is 4.65. The second-order valence-corrected chi connectivity index (χ2v) is 9.32. The van der Waals surface area contributed by atoms with Crippen LogP contribution >= 0.6 is 11.6 Å². The number of anilines is 1. The van der Waals surface area contributed by atoms with E-state index in [4.69, 9.17) is 16.6 Å². The Morgan fingerprint density at radius 2 is 1.58 bits per heavy atom. The van der Waals surface area contributed by atoms with E-state index in [-0.39, 0.29) is 12.2 Å². The first kappa shape index (κ1) is 23.9. The Kier molecular flexibility index (Phi) is 5.76. The molecule has 38 heavy (non-hydrogen) atoms. The van der Waals surface area contributed by atoms with Crippen molar-refractivity contribution in [1.29, 1.82) is 0 Å². The van der Waals surface area contributed by atoms with E-state index in [9.17, 15) is 18.0 Å². The first-order valence-corrected chi connectivity index (χ1v) is 12.0. The standard InChI is InChI=1S/C29H18ClF3N4O/c30-24-9-7-20(13-23(24)29(31,32)33)36-28(38)35-14-16-1-3-17(4-2-16)21-8-5-19-11-22(21)18-6-10-25-26(12-18)37-27(19)15-34-25/h1-13,15H,14H2,(H2,35,36,38). The lowest BCUT2D eigenvalue weighted by Gasteiger charge is -2.16. The summed E-state index contributed by atoms with van der Waals surface area (Å²) >= 11 is 5.63. The minimum absolute atomic E-state index is 0.00552. The molecule has 2 heterocycles. The van der Waals surface area contributed by atoms with Crippen molar-refractivity contribution >= 4 is 34.4 Å². The highest BCUT2D eigenvalue weighted by Gasteiger charge is 2.33. The molecular weight excluding hydrogens is 513 g/mol. The van der Waals surface area contributed by atoms with Crippen molar-refractivity contribution in [2.24, 2.45) is 0 Å². The normalized spacial score (nSPS) is 11.9. The van der Waals surface area contributed by atoms with Crippen LogP contribution in [0.15, 0.2) is 85.1 Å². The van der Waals surface area contributed by atoms with Gasteiger partial charge in [-0.3, -0.25) is 4.98 Å². The van der Waals surface area contributed by atoms with Crippen molar-refractivity contribution < 1.29 is 18.0 Å². The zero-order valence-corrected chi connectivity index (χ0v) is 20.4. The third-order valence-electron chi connectivity index (χ3n) is 6.42. The number of amides is 2. The zero-order chi connectivity index (χ0) is 26.4. The maximum atomic E-state index is 13.1. The summed E-state index contributed by atoms with van der Waals surface area (Å²) in [4.78, 5) is 21.5. The lowest BCUT2D eigenvalue weighted by molar-refractivity contribution is -0.137. The van der Waals surface area contributed by atoms with Crippen molar-refractivity contribution in [3.05, 3.63) is 101 Å². The predicted octanol–water partition coefficient (Wildman–Crippen LogP) is 7.94. The number of benzene rings is 4. The minimum Gasteiger partial charge on any atom is -0.334 e. The van der Waals surface area contributed by atoms with Crippen LogP contribution in [0.5, 0.6) is 0 Å². The summed E-state index contributed by atoms with van der Waals surface area (Å²) < 4.78 is 39.2. The van der Waals surface area contributed by atoms with E-state index < -0.39 is 22.8 Å². The third-order valence-corrected chi connectivity index (χ3v) is 6.75. The number of fused-ring (bicyclic) bond motifs is 6. The fraction of sp³-hybridized carbons (Fsp3) is 0.0690. The maximum Gasteiger partial charge on any atom is 0.417 e. The molecule has 9 heteroatoms. The van der Waals surface area contributed by atoms with Gasteiger partial charge in [-0.25, -0.2) is 9.78 Å². The number of carbonyl (C=O) groups excluding carboxylic acids is 1. The second-order valence-electron chi connectivity index (χ2n) is 8.92. The Labute approximate surface area is 220 Å². The largest absolute Gasteiger partial charge is 0.417 e. The topological polar surface area (TPSA) is 66.9 Å². The van der Waals surface area contributed by atoms with Gasteiger partial charge in [0.05, 0.1) is 33.5 Å². The quantitative estimate of drug-likeness (QED) is 0.243. The molecule has 2 N–H and O–H groups in total. The molecule has 2 amide bonds. The number of hydrogen-bond acceptors (Lipinski definition) is 3. The molecule has 0 spiro atoms. The number of aromatic nitrogens is 2. The van der Waals surface area contributed by atoms with E-state index in [1.807, 2.05) is 48.5 Å². The van der Waals surface area contributed by atoms with E-state index in [2.05, 4.69) is 27.8 Å². The van der Waals surface area contributed by atoms with Crippen molar-refractivity contribution in [2.45, 2.75) is 12.7 Å². The molecule has 188 valence electrons. The van der Waals surface area contributed by atoms with Crippen LogP contribution in [0.2, 0.25) is 5.02 Å². The Morgan fingerprint density at radius 3 is 2.37 bits per heavy atom. The number of urea groups is 1. The fourth-order valence-electron chi connectivity index (χ4n) is 4.49. The lowest BCUT2D eigenvalue weighted by Crippen LogP contribution is -2.28. The van der Waals surface area contributed by atoms with Crippen molar-refractivity contribution in [1.82, 2.24) is 15.3 Å². The van der Waals surface area contributed by atoms with Crippen LogP contribution in [0.4, 0.5) is 23.7 Å². The molecule has 0 unspecified atom stereocenters. The first-order chi connectivity index (χ1) is 18.2. The van der Waals surface area contributed by atoms with Crippen molar-refractivity contribution in [2.75, 3.05) is 5.32 Å². The summed E-state index contributed by atoms with van der Waals surface area (Å²) in [6, 6.07) is 22.6. The highest BCUT2D eigenvalue weighted by atomic mass is 35.5. The van der Waals surface area contributed by atoms with Gasteiger partial charge < -0.3 is 10.6 Å². The number of alkyl halides is 3. The number of rotatable bonds is 4. The van der Waals surface area contributed by atoms with Gasteiger partial charge >= 0.3 is 12.2 Å². The molecule has 1 aliphatic rings. The van der Waals surface area contributed by atoms with E-state index in [0.29, 0.717) is 0 Å². The smallest absolute Gasteiger partial charge is 0.334 e. The molecule has 5 aromatic rings. The molecule has 0 atom stereocenters. The molecule has 0 radical (unpaired) electrons. The predicted molar refractivity (Wildman–Crippen MR) is 142 cm³/mol. The third kappa shape index (κ3) is 4.54. The minimum atomic E-state index is -4.62.